The molecule has 0 aliphatic heterocycles. The van der Waals surface area contributed by atoms with Crippen LogP contribution in [0.5, 0.6) is 5.75 Å². The van der Waals surface area contributed by atoms with Crippen molar-refractivity contribution in [3.05, 3.63) is 99.9 Å². The van der Waals surface area contributed by atoms with Gasteiger partial charge in [-0.15, -0.1) is 0 Å². The Morgan fingerprint density at radius 2 is 1.73 bits per heavy atom. The number of halogens is 1. The maximum absolute atomic E-state index is 13.5. The molecule has 26 heavy (non-hydrogen) atoms. The lowest BCUT2D eigenvalue weighted by molar-refractivity contribution is 0.0437. The van der Waals surface area contributed by atoms with Crippen LogP contribution < -0.4 is 10.2 Å². The largest absolute Gasteiger partial charge is 0.482 e. The molecule has 0 bridgehead atoms. The Morgan fingerprint density at radius 1 is 1.00 bits per heavy atom. The van der Waals surface area contributed by atoms with E-state index in [4.69, 9.17) is 13.9 Å². The van der Waals surface area contributed by atoms with Crippen LogP contribution in [0.2, 0.25) is 0 Å². The average molecular weight is 354 g/mol. The Labute approximate surface area is 148 Å². The summed E-state index contributed by atoms with van der Waals surface area (Å²) in [6, 6.07) is 16.0. The molecule has 0 spiro atoms. The molecule has 0 amide bonds. The Bertz CT molecular complexity index is 950. The Balaban J connectivity index is 1.60. The summed E-state index contributed by atoms with van der Waals surface area (Å²) >= 11 is 0. The molecule has 0 saturated heterocycles. The van der Waals surface area contributed by atoms with Crippen LogP contribution in [-0.4, -0.2) is 5.97 Å². The van der Waals surface area contributed by atoms with E-state index in [1.54, 1.807) is 0 Å². The van der Waals surface area contributed by atoms with Crippen molar-refractivity contribution in [2.75, 3.05) is 0 Å². The molecule has 1 aromatic heterocycles. The molecule has 0 fully saturated rings. The summed E-state index contributed by atoms with van der Waals surface area (Å²) in [6.07, 6.45) is 1.16. The van der Waals surface area contributed by atoms with Crippen LogP contribution in [0.1, 0.15) is 21.7 Å². The number of hydrogen-bond donors (Lipinski definition) is 0. The topological polar surface area (TPSA) is 65.7 Å². The molecule has 5 nitrogen and oxygen atoms in total. The van der Waals surface area contributed by atoms with Crippen molar-refractivity contribution in [1.29, 1.82) is 0 Å². The maximum Gasteiger partial charge on any atom is 0.341 e. The fraction of sp³-hybridized carbons (Fsp3) is 0.100. The Kier molecular flexibility index (Phi) is 5.43. The molecule has 0 aliphatic rings. The van der Waals surface area contributed by atoms with Crippen LogP contribution in [-0.2, 0) is 18.0 Å². The lowest BCUT2D eigenvalue weighted by atomic mass is 10.2. The molecule has 1 heterocycles. The van der Waals surface area contributed by atoms with Gasteiger partial charge in [-0.2, -0.15) is 0 Å². The van der Waals surface area contributed by atoms with Crippen molar-refractivity contribution in [2.24, 2.45) is 0 Å². The zero-order valence-electron chi connectivity index (χ0n) is 13.7. The van der Waals surface area contributed by atoms with Crippen molar-refractivity contribution in [3.63, 3.8) is 0 Å². The van der Waals surface area contributed by atoms with Crippen LogP contribution in [0.25, 0.3) is 0 Å². The normalized spacial score (nSPS) is 10.3. The van der Waals surface area contributed by atoms with Crippen LogP contribution in [0.4, 0.5) is 4.39 Å². The predicted molar refractivity (Wildman–Crippen MR) is 91.3 cm³/mol. The van der Waals surface area contributed by atoms with Gasteiger partial charge in [-0.25, -0.2) is 9.18 Å². The average Bonchev–Trinajstić information content (AvgIpc) is 2.66. The number of rotatable bonds is 6. The van der Waals surface area contributed by atoms with E-state index in [0.717, 1.165) is 17.9 Å². The highest BCUT2D eigenvalue weighted by Gasteiger charge is 2.13. The SMILES string of the molecule is O=C(OCc1cc(=O)c(OCc2ccccc2)co1)c1ccccc1F. The lowest BCUT2D eigenvalue weighted by Gasteiger charge is -2.07. The minimum atomic E-state index is -0.838. The predicted octanol–water partition coefficient (Wildman–Crippen LogP) is 3.71. The second-order valence-corrected chi connectivity index (χ2v) is 5.41. The van der Waals surface area contributed by atoms with E-state index in [-0.39, 0.29) is 30.3 Å². The molecule has 0 radical (unpaired) electrons. The second-order valence-electron chi connectivity index (χ2n) is 5.41. The summed E-state index contributed by atoms with van der Waals surface area (Å²) in [5.74, 6) is -1.33. The summed E-state index contributed by atoms with van der Waals surface area (Å²) in [7, 11) is 0. The van der Waals surface area contributed by atoms with E-state index in [2.05, 4.69) is 0 Å². The zero-order valence-corrected chi connectivity index (χ0v) is 13.7. The van der Waals surface area contributed by atoms with Crippen molar-refractivity contribution < 1.29 is 23.1 Å². The lowest BCUT2D eigenvalue weighted by Crippen LogP contribution is -2.11. The quantitative estimate of drug-likeness (QED) is 0.631. The van der Waals surface area contributed by atoms with Crippen LogP contribution in [0.15, 0.2) is 76.1 Å². The third-order valence-corrected chi connectivity index (χ3v) is 3.53. The van der Waals surface area contributed by atoms with E-state index in [1.165, 1.54) is 24.3 Å². The second kappa shape index (κ2) is 8.11. The van der Waals surface area contributed by atoms with Gasteiger partial charge in [-0.05, 0) is 17.7 Å². The molecule has 2 aromatic carbocycles. The van der Waals surface area contributed by atoms with E-state index >= 15 is 0 Å². The minimum Gasteiger partial charge on any atom is -0.482 e. The third kappa shape index (κ3) is 4.36. The molecule has 3 aromatic rings. The first kappa shape index (κ1) is 17.4. The van der Waals surface area contributed by atoms with Crippen LogP contribution >= 0.6 is 0 Å². The van der Waals surface area contributed by atoms with Gasteiger partial charge < -0.3 is 13.9 Å². The van der Waals surface area contributed by atoms with Gasteiger partial charge in [-0.1, -0.05) is 42.5 Å². The Hall–Kier alpha value is -3.41. The molecule has 6 heteroatoms. The molecule has 0 N–H and O–H groups in total. The molecule has 0 atom stereocenters. The van der Waals surface area contributed by atoms with Crippen LogP contribution in [0, 0.1) is 5.82 Å². The molecule has 0 saturated carbocycles. The molecule has 132 valence electrons. The van der Waals surface area contributed by atoms with Gasteiger partial charge >= 0.3 is 5.97 Å². The van der Waals surface area contributed by atoms with Crippen molar-refractivity contribution in [3.8, 4) is 5.75 Å². The number of carbonyl (C=O) groups excluding carboxylic acids is 1. The van der Waals surface area contributed by atoms with Crippen LogP contribution in [0.3, 0.4) is 0 Å². The fourth-order valence-corrected chi connectivity index (χ4v) is 2.20. The number of ether oxygens (including phenoxy) is 2. The number of esters is 1. The summed E-state index contributed by atoms with van der Waals surface area (Å²) in [5.41, 5.74) is 0.330. The van der Waals surface area contributed by atoms with Gasteiger partial charge in [0.05, 0.1) is 5.56 Å². The van der Waals surface area contributed by atoms with Gasteiger partial charge in [0.15, 0.2) is 0 Å². The summed E-state index contributed by atoms with van der Waals surface area (Å²) in [5, 5.41) is 0. The van der Waals surface area contributed by atoms with E-state index < -0.39 is 17.2 Å². The van der Waals surface area contributed by atoms with E-state index in [0.29, 0.717) is 0 Å². The summed E-state index contributed by atoms with van der Waals surface area (Å²) < 4.78 is 29.2. The first-order valence-corrected chi connectivity index (χ1v) is 7.83. The molecular formula is C20H15FO5. The van der Waals surface area contributed by atoms with Gasteiger partial charge in [0, 0.05) is 6.07 Å². The molecular weight excluding hydrogens is 339 g/mol. The van der Waals surface area contributed by atoms with Gasteiger partial charge in [0.25, 0.3) is 0 Å². The number of benzene rings is 2. The minimum absolute atomic E-state index is 0.0537. The third-order valence-electron chi connectivity index (χ3n) is 3.53. The monoisotopic (exact) mass is 354 g/mol. The fourth-order valence-electron chi connectivity index (χ4n) is 2.20. The first-order valence-electron chi connectivity index (χ1n) is 7.83. The highest BCUT2D eigenvalue weighted by Crippen LogP contribution is 2.12. The van der Waals surface area contributed by atoms with Crippen molar-refractivity contribution in [1.82, 2.24) is 0 Å². The van der Waals surface area contributed by atoms with Gasteiger partial charge in [0.1, 0.15) is 31.1 Å². The number of carbonyl (C=O) groups is 1. The standard InChI is InChI=1S/C20H15FO5/c21-17-9-5-4-8-16(17)20(23)26-12-15-10-18(22)19(13-24-15)25-11-14-6-2-1-3-7-14/h1-10,13H,11-12H2. The summed E-state index contributed by atoms with van der Waals surface area (Å²) in [6.45, 7) is -0.0609. The number of hydrogen-bond acceptors (Lipinski definition) is 5. The highest BCUT2D eigenvalue weighted by molar-refractivity contribution is 5.89. The van der Waals surface area contributed by atoms with Crippen molar-refractivity contribution >= 4 is 5.97 Å². The first-order chi connectivity index (χ1) is 12.6. The van der Waals surface area contributed by atoms with Crippen molar-refractivity contribution in [2.45, 2.75) is 13.2 Å². The summed E-state index contributed by atoms with van der Waals surface area (Å²) in [4.78, 5) is 23.9. The smallest absolute Gasteiger partial charge is 0.341 e. The Morgan fingerprint density at radius 3 is 2.46 bits per heavy atom. The van der Waals surface area contributed by atoms with E-state index in [1.807, 2.05) is 30.3 Å². The van der Waals surface area contributed by atoms with Gasteiger partial charge in [-0.3, -0.25) is 4.79 Å². The maximum atomic E-state index is 13.5. The molecule has 0 aliphatic carbocycles. The zero-order chi connectivity index (χ0) is 18.4. The van der Waals surface area contributed by atoms with E-state index in [9.17, 15) is 14.0 Å². The molecule has 3 rings (SSSR count). The van der Waals surface area contributed by atoms with Gasteiger partial charge in [0.2, 0.25) is 11.2 Å². The highest BCUT2D eigenvalue weighted by atomic mass is 19.1. The molecule has 0 unspecified atom stereocenters.